The summed E-state index contributed by atoms with van der Waals surface area (Å²) < 4.78 is 8.42. The van der Waals surface area contributed by atoms with Crippen LogP contribution in [0.1, 0.15) is 47.4 Å². The van der Waals surface area contributed by atoms with Crippen molar-refractivity contribution in [3.8, 4) is 11.1 Å². The first-order valence-electron chi connectivity index (χ1n) is 13.0. The topological polar surface area (TPSA) is 95.0 Å². The van der Waals surface area contributed by atoms with Crippen molar-refractivity contribution in [2.24, 2.45) is 4.99 Å². The number of unbranched alkanes of at least 4 members (excludes halogenated alkanes) is 1. The molecular weight excluding hydrogens is 492 g/mol. The number of aryl methyl sites for hydroxylation is 1. The molecule has 0 saturated carbocycles. The number of amides is 1. The smallest absolute Gasteiger partial charge is 0.341 e. The lowest BCUT2D eigenvalue weighted by molar-refractivity contribution is 0.0523. The Labute approximate surface area is 224 Å². The fourth-order valence-corrected chi connectivity index (χ4v) is 4.48. The van der Waals surface area contributed by atoms with Gasteiger partial charge in [0, 0.05) is 18.3 Å². The second-order valence-corrected chi connectivity index (χ2v) is 9.05. The predicted molar refractivity (Wildman–Crippen MR) is 150 cm³/mol. The van der Waals surface area contributed by atoms with Crippen molar-refractivity contribution in [1.82, 2.24) is 14.0 Å². The Morgan fingerprint density at radius 3 is 2.36 bits per heavy atom. The summed E-state index contributed by atoms with van der Waals surface area (Å²) in [5, 5.41) is 0.247. The number of esters is 1. The molecular formula is C31H28N4O4. The van der Waals surface area contributed by atoms with E-state index >= 15 is 0 Å². The molecule has 0 aliphatic rings. The van der Waals surface area contributed by atoms with E-state index in [4.69, 9.17) is 9.72 Å². The molecule has 0 aliphatic heterocycles. The van der Waals surface area contributed by atoms with Crippen LogP contribution in [0.15, 0.2) is 94.8 Å². The third kappa shape index (κ3) is 5.13. The van der Waals surface area contributed by atoms with Gasteiger partial charge >= 0.3 is 5.97 Å². The van der Waals surface area contributed by atoms with E-state index in [9.17, 15) is 14.4 Å². The molecule has 0 atom stereocenters. The second-order valence-electron chi connectivity index (χ2n) is 9.05. The Kier molecular flexibility index (Phi) is 7.45. The van der Waals surface area contributed by atoms with E-state index in [0.717, 1.165) is 24.0 Å². The van der Waals surface area contributed by atoms with E-state index in [-0.39, 0.29) is 28.6 Å². The molecule has 0 N–H and O–H groups in total. The molecule has 196 valence electrons. The third-order valence-corrected chi connectivity index (χ3v) is 6.47. The zero-order chi connectivity index (χ0) is 27.4. The number of nitrogens with zero attached hydrogens (tertiary/aromatic N) is 4. The van der Waals surface area contributed by atoms with Crippen molar-refractivity contribution in [1.29, 1.82) is 0 Å². The Morgan fingerprint density at radius 1 is 0.923 bits per heavy atom. The van der Waals surface area contributed by atoms with Gasteiger partial charge in [0.1, 0.15) is 16.9 Å². The van der Waals surface area contributed by atoms with Crippen molar-refractivity contribution in [2.45, 2.75) is 33.2 Å². The van der Waals surface area contributed by atoms with Crippen LogP contribution in [0.3, 0.4) is 0 Å². The molecule has 0 unspecified atom stereocenters. The minimum Gasteiger partial charge on any atom is -0.462 e. The maximum absolute atomic E-state index is 13.4. The number of fused-ring (bicyclic) bond motifs is 2. The zero-order valence-electron chi connectivity index (χ0n) is 21.8. The van der Waals surface area contributed by atoms with Gasteiger partial charge in [-0.1, -0.05) is 61.9 Å². The summed E-state index contributed by atoms with van der Waals surface area (Å²) in [4.78, 5) is 49.1. The lowest BCUT2D eigenvalue weighted by Crippen LogP contribution is -2.32. The Hall–Kier alpha value is -4.85. The highest BCUT2D eigenvalue weighted by Crippen LogP contribution is 2.20. The summed E-state index contributed by atoms with van der Waals surface area (Å²) in [6, 6.07) is 23.7. The highest BCUT2D eigenvalue weighted by atomic mass is 16.5. The van der Waals surface area contributed by atoms with Crippen LogP contribution in [-0.4, -0.2) is 32.4 Å². The third-order valence-electron chi connectivity index (χ3n) is 6.47. The summed E-state index contributed by atoms with van der Waals surface area (Å²) in [6.45, 7) is 4.28. The van der Waals surface area contributed by atoms with E-state index in [1.54, 1.807) is 48.0 Å². The van der Waals surface area contributed by atoms with Gasteiger partial charge in [-0.05, 0) is 54.8 Å². The number of benzene rings is 2. The van der Waals surface area contributed by atoms with Crippen LogP contribution in [-0.2, 0) is 11.3 Å². The fraction of sp³-hybridized carbons (Fsp3) is 0.194. The van der Waals surface area contributed by atoms with E-state index in [0.29, 0.717) is 23.4 Å². The van der Waals surface area contributed by atoms with Crippen LogP contribution >= 0.6 is 0 Å². The highest BCUT2D eigenvalue weighted by molar-refractivity contribution is 5.97. The van der Waals surface area contributed by atoms with Gasteiger partial charge < -0.3 is 9.30 Å². The standard InChI is InChI=1S/C31H28N4O4/c1-3-5-18-35-27-24(30(37)34-19-10-9-13-26(34)32-27)20-25(31(38)39-4-2)28(35)33-29(36)23-16-14-22(15-17-23)21-11-7-6-8-12-21/h6-17,19-20H,3-5,18H2,1-2H3. The average molecular weight is 521 g/mol. The van der Waals surface area contributed by atoms with Crippen molar-refractivity contribution >= 4 is 28.6 Å². The minimum absolute atomic E-state index is 0.0458. The molecule has 8 nitrogen and oxygen atoms in total. The molecule has 2 aromatic carbocycles. The van der Waals surface area contributed by atoms with Gasteiger partial charge in [0.25, 0.3) is 11.5 Å². The van der Waals surface area contributed by atoms with E-state index in [1.165, 1.54) is 10.5 Å². The number of aromatic nitrogens is 3. The Bertz CT molecular complexity index is 1800. The first-order chi connectivity index (χ1) is 19.0. The zero-order valence-corrected chi connectivity index (χ0v) is 21.8. The molecule has 0 fully saturated rings. The van der Waals surface area contributed by atoms with Crippen LogP contribution in [0.5, 0.6) is 0 Å². The quantitative estimate of drug-likeness (QED) is 0.222. The largest absolute Gasteiger partial charge is 0.462 e. The molecule has 0 radical (unpaired) electrons. The molecule has 8 heteroatoms. The number of hydrogen-bond acceptors (Lipinski definition) is 5. The van der Waals surface area contributed by atoms with Crippen molar-refractivity contribution in [3.05, 3.63) is 112 Å². The van der Waals surface area contributed by atoms with Gasteiger partial charge in [-0.15, -0.1) is 0 Å². The SMILES string of the molecule is CCCCn1c(=NC(=O)c2ccc(-c3ccccc3)cc2)c(C(=O)OCC)cc2c(=O)n3ccccc3nc21. The maximum Gasteiger partial charge on any atom is 0.341 e. The molecule has 0 spiro atoms. The first kappa shape index (κ1) is 25.8. The lowest BCUT2D eigenvalue weighted by Gasteiger charge is -2.15. The highest BCUT2D eigenvalue weighted by Gasteiger charge is 2.20. The van der Waals surface area contributed by atoms with Crippen LogP contribution in [0.25, 0.3) is 27.8 Å². The molecule has 5 rings (SSSR count). The van der Waals surface area contributed by atoms with Crippen LogP contribution in [0, 0.1) is 0 Å². The van der Waals surface area contributed by atoms with Crippen LogP contribution in [0.4, 0.5) is 0 Å². The molecule has 5 aromatic rings. The number of carbonyl (C=O) groups excluding carboxylic acids is 2. The average Bonchev–Trinajstić information content (AvgIpc) is 2.97. The van der Waals surface area contributed by atoms with Gasteiger partial charge in [0.05, 0.1) is 12.0 Å². The monoisotopic (exact) mass is 520 g/mol. The van der Waals surface area contributed by atoms with E-state index in [2.05, 4.69) is 4.99 Å². The second kappa shape index (κ2) is 11.3. The number of carbonyl (C=O) groups is 2. The van der Waals surface area contributed by atoms with Crippen molar-refractivity contribution in [2.75, 3.05) is 6.61 Å². The van der Waals surface area contributed by atoms with Gasteiger partial charge in [-0.3, -0.25) is 14.0 Å². The normalized spacial score (nSPS) is 11.7. The number of rotatable bonds is 7. The van der Waals surface area contributed by atoms with Crippen molar-refractivity contribution in [3.63, 3.8) is 0 Å². The van der Waals surface area contributed by atoms with Gasteiger partial charge in [0.15, 0.2) is 5.49 Å². The molecule has 0 aliphatic carbocycles. The molecule has 0 bridgehead atoms. The molecule has 0 saturated heterocycles. The molecule has 1 amide bonds. The summed E-state index contributed by atoms with van der Waals surface area (Å²) in [5.74, 6) is -1.17. The van der Waals surface area contributed by atoms with Crippen LogP contribution in [0.2, 0.25) is 0 Å². The lowest BCUT2D eigenvalue weighted by atomic mass is 10.0. The maximum atomic E-state index is 13.4. The number of ether oxygens (including phenoxy) is 1. The van der Waals surface area contributed by atoms with E-state index < -0.39 is 11.9 Å². The predicted octanol–water partition coefficient (Wildman–Crippen LogP) is 5.03. The summed E-state index contributed by atoms with van der Waals surface area (Å²) in [5.41, 5.74) is 3.05. The molecule has 3 aromatic heterocycles. The number of hydrogen-bond donors (Lipinski definition) is 0. The minimum atomic E-state index is -0.659. The Morgan fingerprint density at radius 2 is 1.64 bits per heavy atom. The molecule has 3 heterocycles. The summed E-state index contributed by atoms with van der Waals surface area (Å²) >= 11 is 0. The van der Waals surface area contributed by atoms with Gasteiger partial charge in [-0.25, -0.2) is 9.78 Å². The number of pyridine rings is 2. The fourth-order valence-electron chi connectivity index (χ4n) is 4.48. The molecule has 39 heavy (non-hydrogen) atoms. The van der Waals surface area contributed by atoms with Gasteiger partial charge in [0.2, 0.25) is 0 Å². The van der Waals surface area contributed by atoms with Crippen LogP contribution < -0.4 is 11.0 Å². The van der Waals surface area contributed by atoms with Gasteiger partial charge in [-0.2, -0.15) is 4.99 Å². The Balaban J connectivity index is 1.73. The first-order valence-corrected chi connectivity index (χ1v) is 13.0. The summed E-state index contributed by atoms with van der Waals surface area (Å²) in [6.07, 6.45) is 3.20. The van der Waals surface area contributed by atoms with E-state index in [1.807, 2.05) is 49.4 Å². The van der Waals surface area contributed by atoms with Crippen molar-refractivity contribution < 1.29 is 14.3 Å². The summed E-state index contributed by atoms with van der Waals surface area (Å²) in [7, 11) is 0.